The molecule has 1 aliphatic heterocycles. The lowest BCUT2D eigenvalue weighted by Crippen LogP contribution is -2.44. The van der Waals surface area contributed by atoms with Gasteiger partial charge in [0.25, 0.3) is 0 Å². The predicted molar refractivity (Wildman–Crippen MR) is 73.1 cm³/mol. The molecule has 0 spiro atoms. The second-order valence-electron chi connectivity index (χ2n) is 6.50. The minimum Gasteiger partial charge on any atom is -0.481 e. The van der Waals surface area contributed by atoms with Crippen LogP contribution in [-0.4, -0.2) is 41.1 Å². The quantitative estimate of drug-likeness (QED) is 0.869. The smallest absolute Gasteiger partial charge is 0.394 e. The van der Waals surface area contributed by atoms with Crippen LogP contribution >= 0.6 is 0 Å². The molecule has 0 radical (unpaired) electrons. The summed E-state index contributed by atoms with van der Waals surface area (Å²) in [5.41, 5.74) is -0.595. The fraction of sp³-hybridized carbons (Fsp3) is 0.867. The van der Waals surface area contributed by atoms with Crippen molar-refractivity contribution >= 4 is 11.9 Å². The monoisotopic (exact) mass is 321 g/mol. The zero-order chi connectivity index (χ0) is 16.5. The molecule has 2 aliphatic rings. The van der Waals surface area contributed by atoms with Gasteiger partial charge in [0.2, 0.25) is 5.91 Å². The van der Waals surface area contributed by atoms with Crippen LogP contribution in [0.15, 0.2) is 0 Å². The number of carbonyl (C=O) groups is 2. The van der Waals surface area contributed by atoms with Gasteiger partial charge < -0.3 is 10.0 Å². The van der Waals surface area contributed by atoms with Crippen LogP contribution < -0.4 is 0 Å². The maximum absolute atomic E-state index is 13.0. The van der Waals surface area contributed by atoms with Gasteiger partial charge in [-0.3, -0.25) is 9.59 Å². The number of alkyl halides is 3. The van der Waals surface area contributed by atoms with E-state index in [1.54, 1.807) is 0 Å². The molecule has 1 N–H and O–H groups in total. The van der Waals surface area contributed by atoms with Crippen LogP contribution in [0.5, 0.6) is 0 Å². The van der Waals surface area contributed by atoms with Gasteiger partial charge >= 0.3 is 12.1 Å². The molecule has 2 rings (SSSR count). The molecule has 7 heteroatoms. The molecule has 4 nitrogen and oxygen atoms in total. The number of nitrogens with zero attached hydrogens (tertiary/aromatic N) is 1. The van der Waals surface area contributed by atoms with Gasteiger partial charge in [-0.25, -0.2) is 0 Å². The van der Waals surface area contributed by atoms with Crippen molar-refractivity contribution < 1.29 is 27.9 Å². The van der Waals surface area contributed by atoms with E-state index >= 15 is 0 Å². The Labute approximate surface area is 127 Å². The number of hydrogen-bond acceptors (Lipinski definition) is 2. The zero-order valence-electron chi connectivity index (χ0n) is 12.7. The molecule has 1 heterocycles. The van der Waals surface area contributed by atoms with Crippen LogP contribution in [0.3, 0.4) is 0 Å². The Morgan fingerprint density at radius 1 is 1.18 bits per heavy atom. The molecule has 2 fully saturated rings. The van der Waals surface area contributed by atoms with E-state index in [2.05, 4.69) is 0 Å². The molecule has 1 saturated carbocycles. The Morgan fingerprint density at radius 2 is 1.77 bits per heavy atom. The summed E-state index contributed by atoms with van der Waals surface area (Å²) in [5, 5.41) is 9.04. The van der Waals surface area contributed by atoms with E-state index in [4.69, 9.17) is 5.11 Å². The topological polar surface area (TPSA) is 57.6 Å². The molecule has 22 heavy (non-hydrogen) atoms. The van der Waals surface area contributed by atoms with E-state index in [1.807, 2.05) is 6.92 Å². The molecular weight excluding hydrogens is 299 g/mol. The average Bonchev–Trinajstić information content (AvgIpc) is 2.92. The van der Waals surface area contributed by atoms with Crippen molar-refractivity contribution in [3.8, 4) is 0 Å². The Balaban J connectivity index is 2.19. The zero-order valence-corrected chi connectivity index (χ0v) is 12.7. The predicted octanol–water partition coefficient (Wildman–Crippen LogP) is 3.07. The number of rotatable bonds is 3. The number of carbonyl (C=O) groups excluding carboxylic acids is 1. The summed E-state index contributed by atoms with van der Waals surface area (Å²) in [5.74, 6) is -5.28. The largest absolute Gasteiger partial charge is 0.481 e. The second kappa shape index (κ2) is 6.08. The normalized spacial score (nSPS) is 28.6. The Morgan fingerprint density at radius 3 is 2.18 bits per heavy atom. The number of carboxylic acid groups (broad SMARTS) is 1. The van der Waals surface area contributed by atoms with Gasteiger partial charge in [0.15, 0.2) is 0 Å². The third kappa shape index (κ3) is 3.08. The highest BCUT2D eigenvalue weighted by molar-refractivity contribution is 5.84. The molecule has 1 amide bonds. The summed E-state index contributed by atoms with van der Waals surface area (Å²) in [4.78, 5) is 25.0. The number of halogens is 3. The summed E-state index contributed by atoms with van der Waals surface area (Å²) >= 11 is 0. The standard InChI is InChI=1S/C15H22F3NO3/c1-2-14(6-4-3-5-7-14)13(22)19-8-10(12(20)21)11(9-19)15(16,17)18/h10-11H,2-9H2,1H3,(H,20,21)/t10-,11-/m1/s1. The van der Waals surface area contributed by atoms with Crippen molar-refractivity contribution in [1.29, 1.82) is 0 Å². The Hall–Kier alpha value is -1.27. The highest BCUT2D eigenvalue weighted by atomic mass is 19.4. The van der Waals surface area contributed by atoms with Gasteiger partial charge in [-0.05, 0) is 19.3 Å². The third-order valence-electron chi connectivity index (χ3n) is 5.29. The van der Waals surface area contributed by atoms with Gasteiger partial charge in [0.1, 0.15) is 0 Å². The molecule has 0 aromatic rings. The number of carboxylic acids is 1. The van der Waals surface area contributed by atoms with Gasteiger partial charge in [-0.15, -0.1) is 0 Å². The average molecular weight is 321 g/mol. The van der Waals surface area contributed by atoms with Crippen molar-refractivity contribution in [1.82, 2.24) is 4.90 Å². The van der Waals surface area contributed by atoms with E-state index in [0.29, 0.717) is 19.3 Å². The van der Waals surface area contributed by atoms with Crippen molar-refractivity contribution in [3.05, 3.63) is 0 Å². The van der Waals surface area contributed by atoms with Gasteiger partial charge in [0.05, 0.1) is 11.8 Å². The SMILES string of the molecule is CCC1(C(=O)N2C[C@@H](C(F)(F)F)[C@H](C(=O)O)C2)CCCCC1. The molecule has 2 atom stereocenters. The van der Waals surface area contributed by atoms with Crippen LogP contribution in [-0.2, 0) is 9.59 Å². The van der Waals surface area contributed by atoms with E-state index in [0.717, 1.165) is 24.2 Å². The fourth-order valence-electron chi connectivity index (χ4n) is 3.83. The molecule has 126 valence electrons. The van der Waals surface area contributed by atoms with Crippen molar-refractivity contribution in [2.45, 2.75) is 51.6 Å². The van der Waals surface area contributed by atoms with Crippen LogP contribution in [0, 0.1) is 17.3 Å². The molecule has 1 saturated heterocycles. The van der Waals surface area contributed by atoms with Gasteiger partial charge in [0, 0.05) is 18.5 Å². The van der Waals surface area contributed by atoms with Crippen LogP contribution in [0.4, 0.5) is 13.2 Å². The Bertz CT molecular complexity index is 444. The lowest BCUT2D eigenvalue weighted by atomic mass is 9.71. The van der Waals surface area contributed by atoms with Gasteiger partial charge in [-0.1, -0.05) is 26.2 Å². The molecule has 0 aromatic heterocycles. The first-order chi connectivity index (χ1) is 10.2. The minimum atomic E-state index is -4.59. The second-order valence-corrected chi connectivity index (χ2v) is 6.50. The molecule has 1 aliphatic carbocycles. The Kier molecular flexibility index (Phi) is 4.73. The van der Waals surface area contributed by atoms with E-state index in [1.165, 1.54) is 0 Å². The lowest BCUT2D eigenvalue weighted by Gasteiger charge is -2.38. The summed E-state index contributed by atoms with van der Waals surface area (Å²) in [6, 6.07) is 0. The first-order valence-corrected chi connectivity index (χ1v) is 7.80. The molecule has 0 aromatic carbocycles. The summed E-state index contributed by atoms with van der Waals surface area (Å²) < 4.78 is 39.1. The third-order valence-corrected chi connectivity index (χ3v) is 5.29. The maximum atomic E-state index is 13.0. The van der Waals surface area contributed by atoms with Crippen LogP contribution in [0.2, 0.25) is 0 Å². The number of amides is 1. The summed E-state index contributed by atoms with van der Waals surface area (Å²) in [6.45, 7) is 1.02. The fourth-order valence-corrected chi connectivity index (χ4v) is 3.83. The van der Waals surface area contributed by atoms with Crippen LogP contribution in [0.25, 0.3) is 0 Å². The van der Waals surface area contributed by atoms with Crippen molar-refractivity contribution in [2.75, 3.05) is 13.1 Å². The van der Waals surface area contributed by atoms with Crippen LogP contribution in [0.1, 0.15) is 45.4 Å². The molecular formula is C15H22F3NO3. The number of likely N-dealkylation sites (tertiary alicyclic amines) is 1. The van der Waals surface area contributed by atoms with E-state index < -0.39 is 35.9 Å². The number of hydrogen-bond donors (Lipinski definition) is 1. The summed E-state index contributed by atoms with van der Waals surface area (Å²) in [6.07, 6.45) is 0.218. The highest BCUT2D eigenvalue weighted by Crippen LogP contribution is 2.44. The minimum absolute atomic E-state index is 0.285. The van der Waals surface area contributed by atoms with Crippen molar-refractivity contribution in [2.24, 2.45) is 17.3 Å². The molecule has 0 unspecified atom stereocenters. The van der Waals surface area contributed by atoms with E-state index in [9.17, 15) is 22.8 Å². The summed E-state index contributed by atoms with van der Waals surface area (Å²) in [7, 11) is 0. The molecule has 0 bridgehead atoms. The first-order valence-electron chi connectivity index (χ1n) is 7.80. The highest BCUT2D eigenvalue weighted by Gasteiger charge is 2.55. The lowest BCUT2D eigenvalue weighted by molar-refractivity contribution is -0.188. The van der Waals surface area contributed by atoms with Gasteiger partial charge in [-0.2, -0.15) is 13.2 Å². The van der Waals surface area contributed by atoms with Crippen molar-refractivity contribution in [3.63, 3.8) is 0 Å². The maximum Gasteiger partial charge on any atom is 0.394 e. The number of aliphatic carboxylic acids is 1. The van der Waals surface area contributed by atoms with E-state index in [-0.39, 0.29) is 12.5 Å². The first kappa shape index (κ1) is 17.1.